The first-order chi connectivity index (χ1) is 6.33. The number of hydrogen-bond acceptors (Lipinski definition) is 4. The Morgan fingerprint density at radius 2 is 2.23 bits per heavy atom. The Balaban J connectivity index is 2.84. The van der Waals surface area contributed by atoms with Crippen molar-refractivity contribution in [2.75, 3.05) is 18.1 Å². The molecule has 0 aliphatic heterocycles. The van der Waals surface area contributed by atoms with Gasteiger partial charge < -0.3 is 11.1 Å². The van der Waals surface area contributed by atoms with Gasteiger partial charge in [-0.05, 0) is 12.1 Å². The monoisotopic (exact) mass is 174 g/mol. The third-order valence-electron chi connectivity index (χ3n) is 1.90. The molecule has 3 N–H and O–H groups in total. The molecule has 0 aliphatic carbocycles. The molecule has 0 saturated carbocycles. The zero-order valence-electron chi connectivity index (χ0n) is 7.28. The quantitative estimate of drug-likeness (QED) is 0.683. The second-order valence-electron chi connectivity index (χ2n) is 2.71. The van der Waals surface area contributed by atoms with E-state index in [1.54, 1.807) is 12.4 Å². The van der Waals surface area contributed by atoms with Crippen LogP contribution in [0.1, 0.15) is 0 Å². The maximum Gasteiger partial charge on any atom is 0.114 e. The summed E-state index contributed by atoms with van der Waals surface area (Å²) in [6.07, 6.45) is 3.36. The molecule has 2 rings (SSSR count). The van der Waals surface area contributed by atoms with E-state index in [1.807, 2.05) is 19.2 Å². The summed E-state index contributed by atoms with van der Waals surface area (Å²) in [5.74, 6) is 0. The normalized spacial score (nSPS) is 10.2. The van der Waals surface area contributed by atoms with Crippen molar-refractivity contribution in [1.29, 1.82) is 0 Å². The first-order valence-electron chi connectivity index (χ1n) is 4.00. The van der Waals surface area contributed by atoms with E-state index < -0.39 is 0 Å². The van der Waals surface area contributed by atoms with Gasteiger partial charge in [-0.25, -0.2) is 0 Å². The Labute approximate surface area is 75.8 Å². The van der Waals surface area contributed by atoms with Crippen LogP contribution in [0.25, 0.3) is 11.0 Å². The van der Waals surface area contributed by atoms with Gasteiger partial charge in [0, 0.05) is 13.2 Å². The highest BCUT2D eigenvalue weighted by Gasteiger charge is 2.04. The molecule has 2 heterocycles. The van der Waals surface area contributed by atoms with Crippen molar-refractivity contribution in [1.82, 2.24) is 9.97 Å². The fourth-order valence-corrected chi connectivity index (χ4v) is 1.30. The van der Waals surface area contributed by atoms with Gasteiger partial charge in [0.25, 0.3) is 0 Å². The minimum atomic E-state index is 0.619. The first kappa shape index (κ1) is 7.79. The van der Waals surface area contributed by atoms with Crippen LogP contribution >= 0.6 is 0 Å². The van der Waals surface area contributed by atoms with Crippen molar-refractivity contribution >= 4 is 22.4 Å². The Kier molecular flexibility index (Phi) is 1.73. The summed E-state index contributed by atoms with van der Waals surface area (Å²) in [4.78, 5) is 8.37. The summed E-state index contributed by atoms with van der Waals surface area (Å²) in [5, 5.41) is 3.01. The maximum absolute atomic E-state index is 5.73. The Hall–Kier alpha value is -1.84. The number of nitrogen functional groups attached to an aromatic ring is 1. The highest BCUT2D eigenvalue weighted by Crippen LogP contribution is 2.24. The Bertz CT molecular complexity index is 439. The van der Waals surface area contributed by atoms with Crippen molar-refractivity contribution in [2.24, 2.45) is 0 Å². The standard InChI is InChI=1S/C9H10N4/c1-11-8-6(10)5-13-7-3-2-4-12-9(7)8/h2-5H,10H2,1H3,(H,11,13). The van der Waals surface area contributed by atoms with Crippen LogP contribution in [0.3, 0.4) is 0 Å². The molecule has 0 aromatic carbocycles. The summed E-state index contributed by atoms with van der Waals surface area (Å²) in [6.45, 7) is 0. The smallest absolute Gasteiger partial charge is 0.114 e. The number of nitrogens with two attached hydrogens (primary N) is 1. The fraction of sp³-hybridized carbons (Fsp3) is 0.111. The van der Waals surface area contributed by atoms with Gasteiger partial charge in [-0.1, -0.05) is 0 Å². The molecular weight excluding hydrogens is 164 g/mol. The van der Waals surface area contributed by atoms with E-state index >= 15 is 0 Å². The predicted octanol–water partition coefficient (Wildman–Crippen LogP) is 1.25. The van der Waals surface area contributed by atoms with Crippen molar-refractivity contribution in [3.05, 3.63) is 24.5 Å². The van der Waals surface area contributed by atoms with Gasteiger partial charge in [0.1, 0.15) is 5.52 Å². The summed E-state index contributed by atoms with van der Waals surface area (Å²) in [6, 6.07) is 3.76. The summed E-state index contributed by atoms with van der Waals surface area (Å²) < 4.78 is 0. The number of rotatable bonds is 1. The minimum absolute atomic E-state index is 0.619. The van der Waals surface area contributed by atoms with Gasteiger partial charge in [-0.15, -0.1) is 0 Å². The van der Waals surface area contributed by atoms with Crippen LogP contribution in [0.15, 0.2) is 24.5 Å². The third-order valence-corrected chi connectivity index (χ3v) is 1.90. The third kappa shape index (κ3) is 1.16. The van der Waals surface area contributed by atoms with Crippen LogP contribution in [0.4, 0.5) is 11.4 Å². The molecule has 13 heavy (non-hydrogen) atoms. The van der Waals surface area contributed by atoms with Gasteiger partial charge in [-0.3, -0.25) is 9.97 Å². The highest BCUT2D eigenvalue weighted by atomic mass is 14.9. The van der Waals surface area contributed by atoms with E-state index in [9.17, 15) is 0 Å². The molecule has 0 saturated heterocycles. The van der Waals surface area contributed by atoms with Crippen molar-refractivity contribution in [3.63, 3.8) is 0 Å². The van der Waals surface area contributed by atoms with Crippen LogP contribution in [0.2, 0.25) is 0 Å². The number of pyridine rings is 2. The van der Waals surface area contributed by atoms with E-state index in [2.05, 4.69) is 15.3 Å². The molecule has 4 nitrogen and oxygen atoms in total. The van der Waals surface area contributed by atoms with Crippen molar-refractivity contribution < 1.29 is 0 Å². The van der Waals surface area contributed by atoms with Crippen LogP contribution < -0.4 is 11.1 Å². The first-order valence-corrected chi connectivity index (χ1v) is 4.00. The average Bonchev–Trinajstić information content (AvgIpc) is 2.18. The average molecular weight is 174 g/mol. The topological polar surface area (TPSA) is 63.8 Å². The number of aromatic nitrogens is 2. The van der Waals surface area contributed by atoms with Crippen LogP contribution in [-0.2, 0) is 0 Å². The second kappa shape index (κ2) is 2.90. The lowest BCUT2D eigenvalue weighted by atomic mass is 10.2. The Morgan fingerprint density at radius 1 is 1.38 bits per heavy atom. The SMILES string of the molecule is CNc1c(N)cnc2cccnc12. The molecule has 2 aromatic rings. The molecule has 0 bridgehead atoms. The van der Waals surface area contributed by atoms with Crippen LogP contribution in [0.5, 0.6) is 0 Å². The van der Waals surface area contributed by atoms with E-state index in [1.165, 1.54) is 0 Å². The van der Waals surface area contributed by atoms with Crippen molar-refractivity contribution in [2.45, 2.75) is 0 Å². The van der Waals surface area contributed by atoms with E-state index in [4.69, 9.17) is 5.73 Å². The maximum atomic E-state index is 5.73. The van der Waals surface area contributed by atoms with Crippen LogP contribution in [0, 0.1) is 0 Å². The second-order valence-corrected chi connectivity index (χ2v) is 2.71. The van der Waals surface area contributed by atoms with Crippen LogP contribution in [-0.4, -0.2) is 17.0 Å². The molecule has 0 aliphatic rings. The fourth-order valence-electron chi connectivity index (χ4n) is 1.30. The van der Waals surface area contributed by atoms with Gasteiger partial charge >= 0.3 is 0 Å². The lowest BCUT2D eigenvalue weighted by Crippen LogP contribution is -1.98. The van der Waals surface area contributed by atoms with E-state index in [-0.39, 0.29) is 0 Å². The Morgan fingerprint density at radius 3 is 3.00 bits per heavy atom. The number of hydrogen-bond donors (Lipinski definition) is 2. The molecule has 4 heteroatoms. The molecule has 0 fully saturated rings. The number of fused-ring (bicyclic) bond motifs is 1. The number of nitrogens with one attached hydrogen (secondary N) is 1. The molecule has 0 unspecified atom stereocenters. The molecule has 0 radical (unpaired) electrons. The van der Waals surface area contributed by atoms with Gasteiger partial charge in [0.05, 0.1) is 23.1 Å². The van der Waals surface area contributed by atoms with Gasteiger partial charge in [0.2, 0.25) is 0 Å². The number of anilines is 2. The summed E-state index contributed by atoms with van der Waals surface area (Å²) in [7, 11) is 1.82. The predicted molar refractivity (Wildman–Crippen MR) is 53.5 cm³/mol. The zero-order valence-corrected chi connectivity index (χ0v) is 7.28. The largest absolute Gasteiger partial charge is 0.396 e. The molecule has 2 aromatic heterocycles. The lowest BCUT2D eigenvalue weighted by Gasteiger charge is -2.06. The molecule has 66 valence electrons. The number of nitrogens with zero attached hydrogens (tertiary/aromatic N) is 2. The molecule has 0 amide bonds. The molecule has 0 atom stereocenters. The minimum Gasteiger partial charge on any atom is -0.396 e. The van der Waals surface area contributed by atoms with E-state index in [0.717, 1.165) is 16.7 Å². The summed E-state index contributed by atoms with van der Waals surface area (Å²) >= 11 is 0. The summed E-state index contributed by atoms with van der Waals surface area (Å²) in [5.41, 5.74) is 8.85. The van der Waals surface area contributed by atoms with E-state index in [0.29, 0.717) is 5.69 Å². The zero-order chi connectivity index (χ0) is 9.26. The lowest BCUT2D eigenvalue weighted by molar-refractivity contribution is 1.33. The molecule has 0 spiro atoms. The van der Waals surface area contributed by atoms with Gasteiger partial charge in [-0.2, -0.15) is 0 Å². The van der Waals surface area contributed by atoms with Crippen molar-refractivity contribution in [3.8, 4) is 0 Å². The van der Waals surface area contributed by atoms with Gasteiger partial charge in [0.15, 0.2) is 0 Å². The molecular formula is C9H10N4. The highest BCUT2D eigenvalue weighted by molar-refractivity contribution is 5.93.